The van der Waals surface area contributed by atoms with E-state index < -0.39 is 6.10 Å². The monoisotopic (exact) mass is 861 g/mol. The molecule has 1 unspecified atom stereocenters. The van der Waals surface area contributed by atoms with E-state index in [9.17, 15) is 14.4 Å². The van der Waals surface area contributed by atoms with E-state index in [0.717, 1.165) is 122 Å². The zero-order chi connectivity index (χ0) is 45.1. The van der Waals surface area contributed by atoms with Gasteiger partial charge in [0.1, 0.15) is 13.2 Å². The van der Waals surface area contributed by atoms with Crippen LogP contribution in [0.15, 0.2) is 97.2 Å². The van der Waals surface area contributed by atoms with Crippen molar-refractivity contribution in [3.05, 3.63) is 97.2 Å². The molecule has 0 aromatic carbocycles. The summed E-state index contributed by atoms with van der Waals surface area (Å²) in [7, 11) is 0. The minimum atomic E-state index is -0.800. The summed E-state index contributed by atoms with van der Waals surface area (Å²) in [5.74, 6) is -0.955. The molecule has 6 heteroatoms. The number of hydrogen-bond donors (Lipinski definition) is 0. The number of hydrogen-bond acceptors (Lipinski definition) is 6. The SMILES string of the molecule is CC\C=C/C=C\C=C/CCCCCCCC(=O)OC(COC(=O)CCCCC/C=C\C/C=C\C/C=C\C/C=C\C/C=C\CC)COC(=O)CCCCCCCCCCCCCC. The van der Waals surface area contributed by atoms with Crippen LogP contribution in [0.2, 0.25) is 0 Å². The molecular weight excluding hydrogens is 769 g/mol. The van der Waals surface area contributed by atoms with Crippen LogP contribution in [0.1, 0.15) is 220 Å². The van der Waals surface area contributed by atoms with Gasteiger partial charge < -0.3 is 14.2 Å². The number of esters is 3. The number of carbonyl (C=O) groups is 3. The van der Waals surface area contributed by atoms with Crippen molar-refractivity contribution in [2.45, 2.75) is 226 Å². The Labute approximate surface area is 381 Å². The molecule has 0 aliphatic rings. The molecule has 0 aromatic rings. The predicted molar refractivity (Wildman–Crippen MR) is 265 cm³/mol. The van der Waals surface area contributed by atoms with Crippen LogP contribution in [0.25, 0.3) is 0 Å². The zero-order valence-electron chi connectivity index (χ0n) is 40.1. The molecule has 0 radical (unpaired) electrons. The largest absolute Gasteiger partial charge is 0.462 e. The Morgan fingerprint density at radius 2 is 0.710 bits per heavy atom. The fourth-order valence-corrected chi connectivity index (χ4v) is 6.64. The van der Waals surface area contributed by atoms with E-state index >= 15 is 0 Å². The minimum absolute atomic E-state index is 0.0963. The summed E-state index contributed by atoms with van der Waals surface area (Å²) in [6.45, 7) is 6.33. The molecule has 62 heavy (non-hydrogen) atoms. The highest BCUT2D eigenvalue weighted by molar-refractivity contribution is 5.71. The maximum atomic E-state index is 12.8. The molecule has 0 saturated carbocycles. The fraction of sp³-hybridized carbons (Fsp3) is 0.661. The van der Waals surface area contributed by atoms with E-state index in [1.807, 2.05) is 0 Å². The van der Waals surface area contributed by atoms with E-state index in [1.54, 1.807) is 0 Å². The second kappa shape index (κ2) is 50.0. The summed E-state index contributed by atoms with van der Waals surface area (Å²) in [5, 5.41) is 0. The first-order valence-corrected chi connectivity index (χ1v) is 25.3. The molecule has 0 amide bonds. The molecule has 0 spiro atoms. The lowest BCUT2D eigenvalue weighted by Crippen LogP contribution is -2.30. The molecular formula is C56H92O6. The van der Waals surface area contributed by atoms with Gasteiger partial charge in [-0.05, 0) is 83.5 Å². The van der Waals surface area contributed by atoms with Gasteiger partial charge in [0.15, 0.2) is 6.10 Å². The lowest BCUT2D eigenvalue weighted by molar-refractivity contribution is -0.167. The molecule has 0 aliphatic carbocycles. The highest BCUT2D eigenvalue weighted by Crippen LogP contribution is 2.14. The van der Waals surface area contributed by atoms with Crippen molar-refractivity contribution in [3.8, 4) is 0 Å². The van der Waals surface area contributed by atoms with Crippen LogP contribution in [-0.4, -0.2) is 37.2 Å². The van der Waals surface area contributed by atoms with E-state index in [4.69, 9.17) is 14.2 Å². The Morgan fingerprint density at radius 3 is 1.18 bits per heavy atom. The topological polar surface area (TPSA) is 78.9 Å². The lowest BCUT2D eigenvalue weighted by Gasteiger charge is -2.18. The average Bonchev–Trinajstić information content (AvgIpc) is 3.27. The van der Waals surface area contributed by atoms with Gasteiger partial charge in [-0.3, -0.25) is 14.4 Å². The summed E-state index contributed by atoms with van der Waals surface area (Å²) < 4.78 is 16.7. The Kier molecular flexibility index (Phi) is 47.0. The highest BCUT2D eigenvalue weighted by atomic mass is 16.6. The smallest absolute Gasteiger partial charge is 0.306 e. The van der Waals surface area contributed by atoms with Crippen molar-refractivity contribution in [2.24, 2.45) is 0 Å². The normalized spacial score (nSPS) is 12.9. The maximum absolute atomic E-state index is 12.8. The van der Waals surface area contributed by atoms with Gasteiger partial charge in [0.2, 0.25) is 0 Å². The second-order valence-electron chi connectivity index (χ2n) is 16.4. The average molecular weight is 861 g/mol. The quantitative estimate of drug-likeness (QED) is 0.0200. The fourth-order valence-electron chi connectivity index (χ4n) is 6.64. The number of allylic oxidation sites excluding steroid dienone is 16. The first-order valence-electron chi connectivity index (χ1n) is 25.3. The van der Waals surface area contributed by atoms with Crippen LogP contribution in [0.3, 0.4) is 0 Å². The third-order valence-corrected chi connectivity index (χ3v) is 10.4. The Bertz CT molecular complexity index is 1260. The molecule has 0 rings (SSSR count). The minimum Gasteiger partial charge on any atom is -0.462 e. The zero-order valence-corrected chi connectivity index (χ0v) is 40.1. The van der Waals surface area contributed by atoms with Crippen LogP contribution in [0.4, 0.5) is 0 Å². The maximum Gasteiger partial charge on any atom is 0.306 e. The van der Waals surface area contributed by atoms with Gasteiger partial charge in [0, 0.05) is 19.3 Å². The molecule has 6 nitrogen and oxygen atoms in total. The van der Waals surface area contributed by atoms with Crippen LogP contribution < -0.4 is 0 Å². The van der Waals surface area contributed by atoms with Gasteiger partial charge in [0.25, 0.3) is 0 Å². The Morgan fingerprint density at radius 1 is 0.355 bits per heavy atom. The molecule has 0 fully saturated rings. The van der Waals surface area contributed by atoms with E-state index in [0.29, 0.717) is 19.3 Å². The van der Waals surface area contributed by atoms with Crippen molar-refractivity contribution in [1.29, 1.82) is 0 Å². The standard InChI is InChI=1S/C56H92O6/c1-4-7-10-13-16-19-22-25-26-27-28-29-30-32-34-37-40-43-46-49-55(58)61-52-53(51-60-54(57)48-45-42-39-36-33-24-21-18-15-12-9-6-3)62-56(59)50-47-44-41-38-35-31-23-20-17-14-11-8-5-2/h7-8,10-11,14,16-17,19-20,23,25-26,28-29,32,34,53H,4-6,9,12-13,15,18,21-22,24,27,30-31,33,35-52H2,1-3H3/b10-7-,11-8-,17-14-,19-16-,23-20-,26-25-,29-28-,34-32-. The molecule has 0 aliphatic heterocycles. The molecule has 0 aromatic heterocycles. The van der Waals surface area contributed by atoms with Crippen molar-refractivity contribution >= 4 is 17.9 Å². The van der Waals surface area contributed by atoms with Gasteiger partial charge >= 0.3 is 17.9 Å². The predicted octanol–water partition coefficient (Wildman–Crippen LogP) is 16.6. The summed E-state index contributed by atoms with van der Waals surface area (Å²) in [6.07, 6.45) is 65.3. The van der Waals surface area contributed by atoms with E-state index in [2.05, 4.69) is 118 Å². The summed E-state index contributed by atoms with van der Waals surface area (Å²) in [5.41, 5.74) is 0. The lowest BCUT2D eigenvalue weighted by atomic mass is 10.0. The van der Waals surface area contributed by atoms with Crippen LogP contribution in [-0.2, 0) is 28.6 Å². The van der Waals surface area contributed by atoms with Gasteiger partial charge in [0.05, 0.1) is 0 Å². The third kappa shape index (κ3) is 47.4. The second-order valence-corrected chi connectivity index (χ2v) is 16.4. The molecule has 0 bridgehead atoms. The summed E-state index contributed by atoms with van der Waals surface area (Å²) >= 11 is 0. The van der Waals surface area contributed by atoms with Crippen molar-refractivity contribution in [2.75, 3.05) is 13.2 Å². The molecule has 0 heterocycles. The van der Waals surface area contributed by atoms with E-state index in [-0.39, 0.29) is 31.1 Å². The highest BCUT2D eigenvalue weighted by Gasteiger charge is 2.19. The molecule has 0 saturated heterocycles. The Hall–Kier alpha value is -3.67. The van der Waals surface area contributed by atoms with Crippen LogP contribution in [0, 0.1) is 0 Å². The van der Waals surface area contributed by atoms with Gasteiger partial charge in [-0.25, -0.2) is 0 Å². The molecule has 1 atom stereocenters. The molecule has 0 N–H and O–H groups in total. The van der Waals surface area contributed by atoms with Crippen LogP contribution >= 0.6 is 0 Å². The summed E-state index contributed by atoms with van der Waals surface area (Å²) in [6, 6.07) is 0. The third-order valence-electron chi connectivity index (χ3n) is 10.4. The van der Waals surface area contributed by atoms with Gasteiger partial charge in [-0.1, -0.05) is 214 Å². The van der Waals surface area contributed by atoms with Crippen molar-refractivity contribution in [1.82, 2.24) is 0 Å². The number of ether oxygens (including phenoxy) is 3. The first kappa shape index (κ1) is 58.3. The van der Waals surface area contributed by atoms with Crippen LogP contribution in [0.5, 0.6) is 0 Å². The number of rotatable bonds is 44. The van der Waals surface area contributed by atoms with E-state index in [1.165, 1.54) is 57.8 Å². The van der Waals surface area contributed by atoms with Crippen molar-refractivity contribution in [3.63, 3.8) is 0 Å². The number of unbranched alkanes of at least 4 members (excludes halogenated alkanes) is 19. The Balaban J connectivity index is 4.46. The number of carbonyl (C=O) groups excluding carboxylic acids is 3. The molecule has 352 valence electrons. The van der Waals surface area contributed by atoms with Crippen molar-refractivity contribution < 1.29 is 28.6 Å². The van der Waals surface area contributed by atoms with Gasteiger partial charge in [-0.15, -0.1) is 0 Å². The summed E-state index contributed by atoms with van der Waals surface area (Å²) in [4.78, 5) is 37.9. The van der Waals surface area contributed by atoms with Gasteiger partial charge in [-0.2, -0.15) is 0 Å². The first-order chi connectivity index (χ1) is 30.5.